The van der Waals surface area contributed by atoms with Crippen LogP contribution in [0, 0.1) is 18.3 Å². The summed E-state index contributed by atoms with van der Waals surface area (Å²) in [7, 11) is 0. The molecule has 1 saturated heterocycles. The van der Waals surface area contributed by atoms with Gasteiger partial charge in [-0.2, -0.15) is 5.26 Å². The van der Waals surface area contributed by atoms with Gasteiger partial charge in [-0.05, 0) is 32.0 Å². The van der Waals surface area contributed by atoms with Crippen molar-refractivity contribution in [1.82, 2.24) is 14.9 Å². The fourth-order valence-electron chi connectivity index (χ4n) is 3.03. The molecular formula is C19H22N6O. The molecule has 1 aromatic heterocycles. The lowest BCUT2D eigenvalue weighted by molar-refractivity contribution is 0.0746. The average molecular weight is 350 g/mol. The van der Waals surface area contributed by atoms with E-state index in [1.807, 2.05) is 24.8 Å². The van der Waals surface area contributed by atoms with Crippen molar-refractivity contribution >= 4 is 17.5 Å². The maximum atomic E-state index is 12.7. The summed E-state index contributed by atoms with van der Waals surface area (Å²) in [5.74, 6) is 2.40. The molecule has 7 nitrogen and oxygen atoms in total. The van der Waals surface area contributed by atoms with E-state index in [0.717, 1.165) is 24.0 Å². The third-order valence-corrected chi connectivity index (χ3v) is 4.31. The Bertz CT molecular complexity index is 836. The van der Waals surface area contributed by atoms with E-state index in [9.17, 15) is 4.79 Å². The minimum absolute atomic E-state index is 0.0334. The summed E-state index contributed by atoms with van der Waals surface area (Å²) in [4.78, 5) is 25.6. The second-order valence-corrected chi connectivity index (χ2v) is 6.16. The number of carbonyl (C=O) groups is 1. The van der Waals surface area contributed by atoms with Gasteiger partial charge in [-0.3, -0.25) is 4.79 Å². The average Bonchev–Trinajstić information content (AvgIpc) is 2.67. The van der Waals surface area contributed by atoms with Gasteiger partial charge in [0, 0.05) is 44.4 Å². The molecule has 2 heterocycles. The maximum absolute atomic E-state index is 12.7. The molecule has 1 N–H and O–H groups in total. The van der Waals surface area contributed by atoms with Crippen LogP contribution in [0.25, 0.3) is 0 Å². The summed E-state index contributed by atoms with van der Waals surface area (Å²) in [5.41, 5.74) is 1.06. The number of benzene rings is 1. The molecule has 1 aromatic carbocycles. The second kappa shape index (κ2) is 7.83. The Labute approximate surface area is 153 Å². The molecule has 0 radical (unpaired) electrons. The Morgan fingerprint density at radius 3 is 2.69 bits per heavy atom. The van der Waals surface area contributed by atoms with E-state index in [1.54, 1.807) is 24.3 Å². The van der Waals surface area contributed by atoms with Crippen molar-refractivity contribution in [3.63, 3.8) is 0 Å². The first-order valence-corrected chi connectivity index (χ1v) is 8.74. The SMILES string of the molecule is CCNc1cc(N2CCN(C(=O)c3cccc(C#N)c3)CC2)nc(C)n1. The van der Waals surface area contributed by atoms with E-state index in [-0.39, 0.29) is 5.91 Å². The number of aromatic nitrogens is 2. The van der Waals surface area contributed by atoms with Gasteiger partial charge in [0.1, 0.15) is 17.5 Å². The number of nitrogens with zero attached hydrogens (tertiary/aromatic N) is 5. The number of carbonyl (C=O) groups excluding carboxylic acids is 1. The number of rotatable bonds is 4. The normalized spacial score (nSPS) is 14.0. The Morgan fingerprint density at radius 1 is 1.23 bits per heavy atom. The molecule has 7 heteroatoms. The number of aryl methyl sites for hydroxylation is 1. The van der Waals surface area contributed by atoms with E-state index in [4.69, 9.17) is 5.26 Å². The fourth-order valence-corrected chi connectivity index (χ4v) is 3.03. The molecule has 0 saturated carbocycles. The van der Waals surface area contributed by atoms with Crippen LogP contribution in [-0.2, 0) is 0 Å². The molecule has 2 aromatic rings. The first kappa shape index (κ1) is 17.7. The van der Waals surface area contributed by atoms with Crippen molar-refractivity contribution in [3.8, 4) is 6.07 Å². The number of anilines is 2. The molecule has 0 spiro atoms. The number of amides is 1. The summed E-state index contributed by atoms with van der Waals surface area (Å²) in [6.45, 7) is 7.39. The van der Waals surface area contributed by atoms with Crippen molar-refractivity contribution in [2.45, 2.75) is 13.8 Å². The monoisotopic (exact) mass is 350 g/mol. The molecule has 1 amide bonds. The predicted molar refractivity (Wildman–Crippen MR) is 100 cm³/mol. The number of piperazine rings is 1. The van der Waals surface area contributed by atoms with Crippen molar-refractivity contribution in [2.24, 2.45) is 0 Å². The van der Waals surface area contributed by atoms with Crippen LogP contribution < -0.4 is 10.2 Å². The third kappa shape index (κ3) is 3.91. The van der Waals surface area contributed by atoms with Crippen molar-refractivity contribution in [1.29, 1.82) is 5.26 Å². The highest BCUT2D eigenvalue weighted by Gasteiger charge is 2.23. The number of nitrogens with one attached hydrogen (secondary N) is 1. The van der Waals surface area contributed by atoms with Gasteiger partial charge in [0.25, 0.3) is 5.91 Å². The largest absolute Gasteiger partial charge is 0.370 e. The second-order valence-electron chi connectivity index (χ2n) is 6.16. The smallest absolute Gasteiger partial charge is 0.254 e. The summed E-state index contributed by atoms with van der Waals surface area (Å²) < 4.78 is 0. The highest BCUT2D eigenvalue weighted by atomic mass is 16.2. The van der Waals surface area contributed by atoms with Gasteiger partial charge in [-0.1, -0.05) is 6.07 Å². The maximum Gasteiger partial charge on any atom is 0.254 e. The van der Waals surface area contributed by atoms with Crippen LogP contribution in [0.15, 0.2) is 30.3 Å². The quantitative estimate of drug-likeness (QED) is 0.908. The van der Waals surface area contributed by atoms with E-state index < -0.39 is 0 Å². The van der Waals surface area contributed by atoms with E-state index in [0.29, 0.717) is 37.3 Å². The van der Waals surface area contributed by atoms with E-state index in [1.165, 1.54) is 0 Å². The lowest BCUT2D eigenvalue weighted by Crippen LogP contribution is -2.49. The first-order chi connectivity index (χ1) is 12.6. The standard InChI is InChI=1S/C19H22N6O/c1-3-21-17-12-18(23-14(2)22-17)24-7-9-25(10-8-24)19(26)16-6-4-5-15(11-16)13-20/h4-6,11-12H,3,7-10H2,1-2H3,(H,21,22,23). The predicted octanol–water partition coefficient (Wildman–Crippen LogP) is 2.05. The summed E-state index contributed by atoms with van der Waals surface area (Å²) >= 11 is 0. The molecule has 26 heavy (non-hydrogen) atoms. The van der Waals surface area contributed by atoms with Crippen LogP contribution in [0.5, 0.6) is 0 Å². The highest BCUT2D eigenvalue weighted by Crippen LogP contribution is 2.19. The Balaban J connectivity index is 1.67. The highest BCUT2D eigenvalue weighted by molar-refractivity contribution is 5.94. The number of hydrogen-bond donors (Lipinski definition) is 1. The molecule has 1 aliphatic rings. The molecule has 0 atom stereocenters. The zero-order valence-corrected chi connectivity index (χ0v) is 15.1. The van der Waals surface area contributed by atoms with Crippen LogP contribution in [0.1, 0.15) is 28.7 Å². The molecule has 3 rings (SSSR count). The first-order valence-electron chi connectivity index (χ1n) is 8.74. The number of hydrogen-bond acceptors (Lipinski definition) is 6. The van der Waals surface area contributed by atoms with Crippen molar-refractivity contribution < 1.29 is 4.79 Å². The molecule has 0 unspecified atom stereocenters. The lowest BCUT2D eigenvalue weighted by Gasteiger charge is -2.35. The molecule has 0 aliphatic carbocycles. The van der Waals surface area contributed by atoms with E-state index in [2.05, 4.69) is 26.3 Å². The Hall–Kier alpha value is -3.14. The lowest BCUT2D eigenvalue weighted by atomic mass is 10.1. The zero-order chi connectivity index (χ0) is 18.5. The Kier molecular flexibility index (Phi) is 5.32. The fraction of sp³-hybridized carbons (Fsp3) is 0.368. The topological polar surface area (TPSA) is 85.1 Å². The van der Waals surface area contributed by atoms with E-state index >= 15 is 0 Å². The van der Waals surface area contributed by atoms with Gasteiger partial charge in [0.05, 0.1) is 11.6 Å². The molecular weight excluding hydrogens is 328 g/mol. The van der Waals surface area contributed by atoms with Gasteiger partial charge in [0.15, 0.2) is 0 Å². The van der Waals surface area contributed by atoms with Crippen LogP contribution in [0.3, 0.4) is 0 Å². The van der Waals surface area contributed by atoms with Gasteiger partial charge in [0.2, 0.25) is 0 Å². The van der Waals surface area contributed by atoms with Crippen molar-refractivity contribution in [3.05, 3.63) is 47.3 Å². The summed E-state index contributed by atoms with van der Waals surface area (Å²) in [6.07, 6.45) is 0. The van der Waals surface area contributed by atoms with Gasteiger partial charge < -0.3 is 15.1 Å². The van der Waals surface area contributed by atoms with Crippen molar-refractivity contribution in [2.75, 3.05) is 42.9 Å². The number of nitriles is 1. The third-order valence-electron chi connectivity index (χ3n) is 4.31. The molecule has 1 aliphatic heterocycles. The van der Waals surface area contributed by atoms with Gasteiger partial charge in [-0.15, -0.1) is 0 Å². The molecule has 1 fully saturated rings. The molecule has 0 bridgehead atoms. The minimum Gasteiger partial charge on any atom is -0.370 e. The van der Waals surface area contributed by atoms with Gasteiger partial charge >= 0.3 is 0 Å². The van der Waals surface area contributed by atoms with Crippen LogP contribution in [0.2, 0.25) is 0 Å². The zero-order valence-electron chi connectivity index (χ0n) is 15.1. The van der Waals surface area contributed by atoms with Crippen LogP contribution in [0.4, 0.5) is 11.6 Å². The minimum atomic E-state index is -0.0334. The van der Waals surface area contributed by atoms with Crippen LogP contribution in [-0.4, -0.2) is 53.5 Å². The summed E-state index contributed by atoms with van der Waals surface area (Å²) in [5, 5.41) is 12.2. The van der Waals surface area contributed by atoms with Crippen LogP contribution >= 0.6 is 0 Å². The van der Waals surface area contributed by atoms with Gasteiger partial charge in [-0.25, -0.2) is 9.97 Å². The molecule has 134 valence electrons. The Morgan fingerprint density at radius 2 is 2.00 bits per heavy atom. The summed E-state index contributed by atoms with van der Waals surface area (Å²) in [6, 6.07) is 10.9.